The van der Waals surface area contributed by atoms with E-state index in [2.05, 4.69) is 4.52 Å². The Morgan fingerprint density at radius 3 is 2.67 bits per heavy atom. The topological polar surface area (TPSA) is 96.2 Å². The first-order valence-electron chi connectivity index (χ1n) is 3.49. The third kappa shape index (κ3) is 3.18. The van der Waals surface area contributed by atoms with E-state index < -0.39 is 20.0 Å². The standard InChI is InChI=1S/C5H11O6P/c6-4-1-2-10-5(4)3-11-12(7,8)9/h4-6H,1-3H2,(H2,7,8,9)/t4-,5-/m1/s1. The predicted octanol–water partition coefficient (Wildman–Crippen LogP) is -0.755. The van der Waals surface area contributed by atoms with E-state index in [1.165, 1.54) is 0 Å². The maximum Gasteiger partial charge on any atom is 0.469 e. The number of hydrogen-bond acceptors (Lipinski definition) is 4. The van der Waals surface area contributed by atoms with Crippen molar-refractivity contribution < 1.29 is 28.7 Å². The van der Waals surface area contributed by atoms with Crippen molar-refractivity contribution in [1.29, 1.82) is 0 Å². The number of ether oxygens (including phenoxy) is 1. The summed E-state index contributed by atoms with van der Waals surface area (Å²) in [7, 11) is -4.44. The zero-order chi connectivity index (χ0) is 9.19. The van der Waals surface area contributed by atoms with E-state index in [9.17, 15) is 4.57 Å². The van der Waals surface area contributed by atoms with Crippen LogP contribution in [0.1, 0.15) is 6.42 Å². The quantitative estimate of drug-likeness (QED) is 0.516. The molecule has 0 aromatic rings. The van der Waals surface area contributed by atoms with Crippen molar-refractivity contribution in [3.63, 3.8) is 0 Å². The van der Waals surface area contributed by atoms with Gasteiger partial charge in [0.15, 0.2) is 0 Å². The highest BCUT2D eigenvalue weighted by Crippen LogP contribution is 2.36. The van der Waals surface area contributed by atoms with Crippen LogP contribution < -0.4 is 0 Å². The fourth-order valence-electron chi connectivity index (χ4n) is 0.967. The van der Waals surface area contributed by atoms with Crippen molar-refractivity contribution in [2.45, 2.75) is 18.6 Å². The van der Waals surface area contributed by atoms with Crippen LogP contribution in [0.4, 0.5) is 0 Å². The Labute approximate surface area is 69.4 Å². The molecule has 0 radical (unpaired) electrons. The lowest BCUT2D eigenvalue weighted by Gasteiger charge is -2.13. The van der Waals surface area contributed by atoms with Gasteiger partial charge in [0.05, 0.1) is 12.7 Å². The molecule has 0 unspecified atom stereocenters. The Kier molecular flexibility index (Phi) is 3.22. The van der Waals surface area contributed by atoms with Crippen LogP contribution >= 0.6 is 7.82 Å². The van der Waals surface area contributed by atoms with Gasteiger partial charge in [-0.05, 0) is 6.42 Å². The summed E-state index contributed by atoms with van der Waals surface area (Å²) in [5.74, 6) is 0. The number of hydrogen-bond donors (Lipinski definition) is 3. The molecule has 1 aliphatic heterocycles. The van der Waals surface area contributed by atoms with Crippen molar-refractivity contribution in [1.82, 2.24) is 0 Å². The maximum atomic E-state index is 10.2. The molecular formula is C5H11O6P. The summed E-state index contributed by atoms with van der Waals surface area (Å²) in [6, 6.07) is 0. The van der Waals surface area contributed by atoms with Gasteiger partial charge in [-0.15, -0.1) is 0 Å². The second-order valence-corrected chi connectivity index (χ2v) is 3.79. The first kappa shape index (κ1) is 10.1. The van der Waals surface area contributed by atoms with Crippen LogP contribution in [0.25, 0.3) is 0 Å². The van der Waals surface area contributed by atoms with E-state index in [0.717, 1.165) is 0 Å². The highest BCUT2D eigenvalue weighted by molar-refractivity contribution is 7.46. The molecule has 12 heavy (non-hydrogen) atoms. The van der Waals surface area contributed by atoms with Crippen LogP contribution in [0, 0.1) is 0 Å². The van der Waals surface area contributed by atoms with E-state index in [4.69, 9.17) is 19.6 Å². The van der Waals surface area contributed by atoms with E-state index in [0.29, 0.717) is 13.0 Å². The average Bonchev–Trinajstić information content (AvgIpc) is 2.29. The first-order valence-corrected chi connectivity index (χ1v) is 5.02. The average molecular weight is 198 g/mol. The zero-order valence-corrected chi connectivity index (χ0v) is 7.18. The van der Waals surface area contributed by atoms with Gasteiger partial charge in [0.1, 0.15) is 6.10 Å². The molecule has 0 saturated carbocycles. The van der Waals surface area contributed by atoms with Crippen LogP contribution in [0.15, 0.2) is 0 Å². The lowest BCUT2D eigenvalue weighted by molar-refractivity contribution is 0.00361. The molecule has 0 bridgehead atoms. The van der Waals surface area contributed by atoms with Gasteiger partial charge in [-0.3, -0.25) is 4.52 Å². The van der Waals surface area contributed by atoms with Crippen molar-refractivity contribution >= 4 is 7.82 Å². The molecule has 0 aromatic carbocycles. The molecule has 0 aliphatic carbocycles. The van der Waals surface area contributed by atoms with Crippen molar-refractivity contribution in [3.05, 3.63) is 0 Å². The minimum atomic E-state index is -4.44. The first-order chi connectivity index (χ1) is 5.49. The monoisotopic (exact) mass is 198 g/mol. The van der Waals surface area contributed by atoms with Crippen LogP contribution in [0.2, 0.25) is 0 Å². The van der Waals surface area contributed by atoms with Crippen molar-refractivity contribution in [2.24, 2.45) is 0 Å². The molecule has 1 saturated heterocycles. The van der Waals surface area contributed by atoms with Gasteiger partial charge in [0, 0.05) is 6.61 Å². The predicted molar refractivity (Wildman–Crippen MR) is 38.4 cm³/mol. The molecule has 0 aromatic heterocycles. The minimum Gasteiger partial charge on any atom is -0.390 e. The Hall–Kier alpha value is 0.0300. The van der Waals surface area contributed by atoms with Gasteiger partial charge in [0.2, 0.25) is 0 Å². The molecule has 1 aliphatic rings. The fraction of sp³-hybridized carbons (Fsp3) is 1.00. The van der Waals surface area contributed by atoms with E-state index in [1.54, 1.807) is 0 Å². The van der Waals surface area contributed by atoms with Gasteiger partial charge in [-0.2, -0.15) is 0 Å². The summed E-state index contributed by atoms with van der Waals surface area (Å²) in [6.45, 7) is 0.127. The van der Waals surface area contributed by atoms with Gasteiger partial charge < -0.3 is 19.6 Å². The Balaban J connectivity index is 2.27. The fourth-order valence-corrected chi connectivity index (χ4v) is 1.31. The highest BCUT2D eigenvalue weighted by Gasteiger charge is 2.28. The van der Waals surface area contributed by atoms with Gasteiger partial charge in [0.25, 0.3) is 0 Å². The molecular weight excluding hydrogens is 187 g/mol. The Bertz CT molecular complexity index is 188. The van der Waals surface area contributed by atoms with Crippen LogP contribution in [0.5, 0.6) is 0 Å². The van der Waals surface area contributed by atoms with Gasteiger partial charge in [-0.25, -0.2) is 4.57 Å². The second-order valence-electron chi connectivity index (χ2n) is 2.55. The minimum absolute atomic E-state index is 0.272. The molecule has 2 atom stereocenters. The highest BCUT2D eigenvalue weighted by atomic mass is 31.2. The Morgan fingerprint density at radius 1 is 1.58 bits per heavy atom. The third-order valence-corrected chi connectivity index (χ3v) is 2.07. The molecule has 0 spiro atoms. The SMILES string of the molecule is O=P(O)(O)OC[C@H]1OCC[C@H]1O. The number of phosphoric acid groups is 1. The molecule has 0 amide bonds. The Morgan fingerprint density at radius 2 is 2.25 bits per heavy atom. The van der Waals surface area contributed by atoms with E-state index >= 15 is 0 Å². The zero-order valence-electron chi connectivity index (χ0n) is 6.29. The van der Waals surface area contributed by atoms with Crippen LogP contribution in [0.3, 0.4) is 0 Å². The lowest BCUT2D eigenvalue weighted by atomic mass is 10.2. The van der Waals surface area contributed by atoms with Gasteiger partial charge in [-0.1, -0.05) is 0 Å². The van der Waals surface area contributed by atoms with Gasteiger partial charge >= 0.3 is 7.82 Å². The number of phosphoric ester groups is 1. The lowest BCUT2D eigenvalue weighted by Crippen LogP contribution is -2.25. The maximum absolute atomic E-state index is 10.2. The summed E-state index contributed by atoms with van der Waals surface area (Å²) >= 11 is 0. The largest absolute Gasteiger partial charge is 0.469 e. The van der Waals surface area contributed by atoms with Crippen molar-refractivity contribution in [3.8, 4) is 0 Å². The molecule has 3 N–H and O–H groups in total. The smallest absolute Gasteiger partial charge is 0.390 e. The molecule has 7 heteroatoms. The number of aliphatic hydroxyl groups excluding tert-OH is 1. The van der Waals surface area contributed by atoms with Crippen molar-refractivity contribution in [2.75, 3.05) is 13.2 Å². The molecule has 72 valence electrons. The van der Waals surface area contributed by atoms with E-state index in [1.807, 2.05) is 0 Å². The summed E-state index contributed by atoms with van der Waals surface area (Å²) in [6.07, 6.45) is -0.816. The second kappa shape index (κ2) is 3.83. The molecule has 1 heterocycles. The number of aliphatic hydroxyl groups is 1. The summed E-state index contributed by atoms with van der Waals surface area (Å²) in [5.41, 5.74) is 0. The summed E-state index contributed by atoms with van der Waals surface area (Å²) in [5, 5.41) is 9.13. The van der Waals surface area contributed by atoms with Crippen LogP contribution in [-0.4, -0.2) is 40.3 Å². The molecule has 1 rings (SSSR count). The normalized spacial score (nSPS) is 30.9. The number of rotatable bonds is 3. The molecule has 6 nitrogen and oxygen atoms in total. The molecule has 1 fully saturated rings. The summed E-state index contributed by atoms with van der Waals surface area (Å²) in [4.78, 5) is 16.6. The van der Waals surface area contributed by atoms with E-state index in [-0.39, 0.29) is 6.61 Å². The third-order valence-electron chi connectivity index (χ3n) is 1.58. The summed E-state index contributed by atoms with van der Waals surface area (Å²) < 4.78 is 19.3. The van der Waals surface area contributed by atoms with Crippen LogP contribution in [-0.2, 0) is 13.8 Å².